The number of sulfone groups is 1. The molecule has 2 aromatic carbocycles. The molecule has 0 spiro atoms. The van der Waals surface area contributed by atoms with E-state index in [2.05, 4.69) is 41.7 Å². The summed E-state index contributed by atoms with van der Waals surface area (Å²) >= 11 is 0. The Morgan fingerprint density at radius 3 is 2.00 bits per heavy atom. The lowest BCUT2D eigenvalue weighted by Crippen LogP contribution is -2.17. The van der Waals surface area contributed by atoms with Gasteiger partial charge in [-0.15, -0.1) is 0 Å². The maximum Gasteiger partial charge on any atom is 0.152 e. The Bertz CT molecular complexity index is 737. The quantitative estimate of drug-likeness (QED) is 0.510. The van der Waals surface area contributed by atoms with E-state index in [1.54, 1.807) is 13.8 Å². The Hall–Kier alpha value is -1.81. The molecule has 0 radical (unpaired) electrons. The summed E-state index contributed by atoms with van der Waals surface area (Å²) < 4.78 is 23.5. The van der Waals surface area contributed by atoms with E-state index in [1.807, 2.05) is 18.2 Å². The molecule has 1 N–H and O–H groups in total. The highest BCUT2D eigenvalue weighted by atomic mass is 32.2. The number of hydrogen-bond acceptors (Lipinski definition) is 3. The van der Waals surface area contributed by atoms with Crippen molar-refractivity contribution in [1.29, 1.82) is 0 Å². The lowest BCUT2D eigenvalue weighted by Gasteiger charge is -2.08. The molecule has 4 heteroatoms. The van der Waals surface area contributed by atoms with Crippen LogP contribution in [0.25, 0.3) is 0 Å². The fourth-order valence-corrected chi connectivity index (χ4v) is 3.92. The van der Waals surface area contributed by atoms with Crippen LogP contribution in [-0.4, -0.2) is 19.4 Å². The number of benzene rings is 2. The molecule has 0 atom stereocenters. The van der Waals surface area contributed by atoms with Crippen LogP contribution in [0.2, 0.25) is 0 Å². The van der Waals surface area contributed by atoms with Crippen molar-refractivity contribution >= 4 is 21.2 Å². The Labute approximate surface area is 158 Å². The van der Waals surface area contributed by atoms with Crippen molar-refractivity contribution in [3.63, 3.8) is 0 Å². The van der Waals surface area contributed by atoms with Crippen molar-refractivity contribution in [3.8, 4) is 0 Å². The van der Waals surface area contributed by atoms with Gasteiger partial charge in [0.05, 0.1) is 11.0 Å². The number of nitrogens with one attached hydrogen (secondary N) is 1. The minimum Gasteiger partial charge on any atom is -0.356 e. The fraction of sp³-hybridized carbons (Fsp3) is 0.455. The normalized spacial score (nSPS) is 11.7. The number of rotatable bonds is 11. The van der Waals surface area contributed by atoms with Gasteiger partial charge in [0.25, 0.3) is 0 Å². The van der Waals surface area contributed by atoms with Crippen LogP contribution in [0.4, 0.5) is 11.4 Å². The van der Waals surface area contributed by atoms with Crippen LogP contribution < -0.4 is 5.32 Å². The molecule has 0 amide bonds. The fourth-order valence-electron chi connectivity index (χ4n) is 2.84. The van der Waals surface area contributed by atoms with Crippen molar-refractivity contribution < 1.29 is 8.42 Å². The first-order valence-electron chi connectivity index (χ1n) is 9.60. The molecule has 0 saturated carbocycles. The van der Waals surface area contributed by atoms with Crippen molar-refractivity contribution in [2.24, 2.45) is 0 Å². The van der Waals surface area contributed by atoms with Gasteiger partial charge in [-0.1, -0.05) is 49.6 Å². The van der Waals surface area contributed by atoms with Crippen LogP contribution in [-0.2, 0) is 16.3 Å². The molecule has 0 heterocycles. The summed E-state index contributed by atoms with van der Waals surface area (Å²) in [7, 11) is -2.87. The van der Waals surface area contributed by atoms with Gasteiger partial charge in [-0.2, -0.15) is 0 Å². The predicted octanol–water partition coefficient (Wildman–Crippen LogP) is 5.75. The highest BCUT2D eigenvalue weighted by molar-refractivity contribution is 7.91. The molecule has 0 aliphatic carbocycles. The molecule has 0 aliphatic heterocycles. The highest BCUT2D eigenvalue weighted by Gasteiger charge is 2.14. The van der Waals surface area contributed by atoms with Crippen molar-refractivity contribution in [3.05, 3.63) is 60.2 Å². The highest BCUT2D eigenvalue weighted by Crippen LogP contribution is 2.18. The van der Waals surface area contributed by atoms with Gasteiger partial charge in [-0.05, 0) is 62.9 Å². The SMILES string of the molecule is CC(C)S(=O)(=O)CCCCCCCc1ccc(Nc2ccccc2)cc1. The Kier molecular flexibility index (Phi) is 8.17. The van der Waals surface area contributed by atoms with E-state index in [0.717, 1.165) is 49.9 Å². The zero-order valence-corrected chi connectivity index (χ0v) is 16.8. The number of anilines is 2. The maximum absolute atomic E-state index is 11.7. The first-order chi connectivity index (χ1) is 12.5. The first-order valence-corrected chi connectivity index (χ1v) is 11.3. The summed E-state index contributed by atoms with van der Waals surface area (Å²) in [6.07, 6.45) is 6.30. The Morgan fingerprint density at radius 1 is 0.769 bits per heavy atom. The van der Waals surface area contributed by atoms with E-state index < -0.39 is 9.84 Å². The molecule has 0 saturated heterocycles. The lowest BCUT2D eigenvalue weighted by atomic mass is 10.1. The van der Waals surface area contributed by atoms with Gasteiger partial charge in [-0.3, -0.25) is 0 Å². The zero-order chi connectivity index (χ0) is 18.8. The summed E-state index contributed by atoms with van der Waals surface area (Å²) in [6.45, 7) is 3.52. The van der Waals surface area contributed by atoms with Crippen LogP contribution in [0.5, 0.6) is 0 Å². The van der Waals surface area contributed by atoms with Crippen LogP contribution >= 0.6 is 0 Å². The Balaban J connectivity index is 1.61. The summed E-state index contributed by atoms with van der Waals surface area (Å²) in [5, 5.41) is 3.14. The molecule has 142 valence electrons. The van der Waals surface area contributed by atoms with Gasteiger partial charge in [0.1, 0.15) is 0 Å². The predicted molar refractivity (Wildman–Crippen MR) is 112 cm³/mol. The molecule has 2 aromatic rings. The molecule has 3 nitrogen and oxygen atoms in total. The largest absolute Gasteiger partial charge is 0.356 e. The molecular weight excluding hydrogens is 342 g/mol. The average molecular weight is 374 g/mol. The van der Waals surface area contributed by atoms with Crippen LogP contribution in [0.3, 0.4) is 0 Å². The van der Waals surface area contributed by atoms with Crippen LogP contribution in [0.15, 0.2) is 54.6 Å². The molecule has 2 rings (SSSR count). The maximum atomic E-state index is 11.7. The number of hydrogen-bond donors (Lipinski definition) is 1. The molecular formula is C22H31NO2S. The second-order valence-corrected chi connectivity index (χ2v) is 9.80. The summed E-state index contributed by atoms with van der Waals surface area (Å²) in [4.78, 5) is 0. The smallest absolute Gasteiger partial charge is 0.152 e. The van der Waals surface area contributed by atoms with Gasteiger partial charge >= 0.3 is 0 Å². The van der Waals surface area contributed by atoms with Crippen LogP contribution in [0, 0.1) is 0 Å². The third kappa shape index (κ3) is 7.20. The summed E-state index contributed by atoms with van der Waals surface area (Å²) in [6, 6.07) is 18.8. The standard InChI is InChI=1S/C22H31NO2S/c1-19(2)26(24,25)18-10-5-3-4-7-11-20-14-16-22(17-15-20)23-21-12-8-6-9-13-21/h6,8-9,12-17,19,23H,3-5,7,10-11,18H2,1-2H3. The average Bonchev–Trinajstić information content (AvgIpc) is 2.63. The van der Waals surface area contributed by atoms with Crippen molar-refractivity contribution in [2.45, 2.75) is 57.6 Å². The van der Waals surface area contributed by atoms with E-state index in [9.17, 15) is 8.42 Å². The second-order valence-electron chi connectivity index (χ2n) is 7.12. The van der Waals surface area contributed by atoms with E-state index in [1.165, 1.54) is 5.56 Å². The lowest BCUT2D eigenvalue weighted by molar-refractivity contribution is 0.577. The van der Waals surface area contributed by atoms with Gasteiger partial charge in [-0.25, -0.2) is 8.42 Å². The van der Waals surface area contributed by atoms with E-state index >= 15 is 0 Å². The molecule has 0 unspecified atom stereocenters. The van der Waals surface area contributed by atoms with Gasteiger partial charge in [0.15, 0.2) is 9.84 Å². The molecule has 0 bridgehead atoms. The minimum absolute atomic E-state index is 0.248. The minimum atomic E-state index is -2.87. The number of aryl methyl sites for hydroxylation is 1. The van der Waals surface area contributed by atoms with Crippen molar-refractivity contribution in [2.75, 3.05) is 11.1 Å². The monoisotopic (exact) mass is 373 g/mol. The van der Waals surface area contributed by atoms with Crippen LogP contribution in [0.1, 0.15) is 51.5 Å². The number of unbranched alkanes of at least 4 members (excludes halogenated alkanes) is 4. The first kappa shape index (κ1) is 20.5. The second kappa shape index (κ2) is 10.4. The van der Waals surface area contributed by atoms with Gasteiger partial charge < -0.3 is 5.32 Å². The zero-order valence-electron chi connectivity index (χ0n) is 15.9. The van der Waals surface area contributed by atoms with E-state index in [0.29, 0.717) is 5.75 Å². The third-order valence-corrected chi connectivity index (χ3v) is 6.92. The Morgan fingerprint density at radius 2 is 1.35 bits per heavy atom. The van der Waals surface area contributed by atoms with Gasteiger partial charge in [0.2, 0.25) is 0 Å². The van der Waals surface area contributed by atoms with Crippen molar-refractivity contribution in [1.82, 2.24) is 0 Å². The molecule has 0 aromatic heterocycles. The van der Waals surface area contributed by atoms with Gasteiger partial charge in [0, 0.05) is 11.4 Å². The van der Waals surface area contributed by atoms with E-state index in [4.69, 9.17) is 0 Å². The van der Waals surface area contributed by atoms with E-state index in [-0.39, 0.29) is 5.25 Å². The summed E-state index contributed by atoms with van der Waals surface area (Å²) in [5.74, 6) is 0.334. The molecule has 26 heavy (non-hydrogen) atoms. The molecule has 0 aliphatic rings. The third-order valence-electron chi connectivity index (χ3n) is 4.63. The molecule has 0 fully saturated rings. The summed E-state index contributed by atoms with van der Waals surface area (Å²) in [5.41, 5.74) is 3.55. The number of para-hydroxylation sites is 1. The topological polar surface area (TPSA) is 46.2 Å².